The minimum atomic E-state index is -0.782. The number of aliphatic carboxylic acids is 1. The summed E-state index contributed by atoms with van der Waals surface area (Å²) < 4.78 is 1.16. The molecule has 3 aromatic rings. The number of halogens is 1. The SMILES string of the molecule is CC(C(=O)O)c1cccc(CN2CCC(c3nc4ccc(Cl)cc4s3)CC2)c1. The van der Waals surface area contributed by atoms with Gasteiger partial charge < -0.3 is 5.11 Å². The quantitative estimate of drug-likeness (QED) is 0.597. The van der Waals surface area contributed by atoms with Crippen molar-refractivity contribution < 1.29 is 9.90 Å². The van der Waals surface area contributed by atoms with Crippen molar-refractivity contribution in [3.63, 3.8) is 0 Å². The van der Waals surface area contributed by atoms with Crippen LogP contribution in [0.2, 0.25) is 5.02 Å². The van der Waals surface area contributed by atoms with E-state index in [2.05, 4.69) is 11.0 Å². The molecule has 0 bridgehead atoms. The third-order valence-electron chi connectivity index (χ3n) is 5.53. The number of aromatic nitrogens is 1. The molecule has 1 aromatic heterocycles. The Bertz CT molecular complexity index is 995. The van der Waals surface area contributed by atoms with E-state index in [-0.39, 0.29) is 0 Å². The van der Waals surface area contributed by atoms with Crippen LogP contribution in [0.3, 0.4) is 0 Å². The van der Waals surface area contributed by atoms with Crippen LogP contribution >= 0.6 is 22.9 Å². The first-order chi connectivity index (χ1) is 13.5. The van der Waals surface area contributed by atoms with E-state index in [4.69, 9.17) is 16.6 Å². The van der Waals surface area contributed by atoms with E-state index in [9.17, 15) is 9.90 Å². The van der Waals surface area contributed by atoms with Crippen LogP contribution in [0, 0.1) is 0 Å². The Labute approximate surface area is 173 Å². The Balaban J connectivity index is 1.39. The van der Waals surface area contributed by atoms with Gasteiger partial charge in [0, 0.05) is 17.5 Å². The lowest BCUT2D eigenvalue weighted by atomic mass is 9.96. The van der Waals surface area contributed by atoms with Crippen molar-refractivity contribution in [3.05, 3.63) is 63.6 Å². The molecule has 1 N–H and O–H groups in total. The Morgan fingerprint density at radius 2 is 2.07 bits per heavy atom. The molecular weight excluding hydrogens is 392 g/mol. The number of benzene rings is 2. The third kappa shape index (κ3) is 4.22. The van der Waals surface area contributed by atoms with E-state index in [1.165, 1.54) is 10.6 Å². The van der Waals surface area contributed by atoms with E-state index < -0.39 is 11.9 Å². The third-order valence-corrected chi connectivity index (χ3v) is 6.95. The minimum Gasteiger partial charge on any atom is -0.481 e. The summed E-state index contributed by atoms with van der Waals surface area (Å²) in [5.74, 6) is -0.751. The number of nitrogens with zero attached hydrogens (tertiary/aromatic N) is 2. The number of rotatable bonds is 5. The lowest BCUT2D eigenvalue weighted by Gasteiger charge is -2.31. The van der Waals surface area contributed by atoms with Crippen molar-refractivity contribution in [3.8, 4) is 0 Å². The van der Waals surface area contributed by atoms with E-state index in [1.54, 1.807) is 18.3 Å². The van der Waals surface area contributed by atoms with Crippen molar-refractivity contribution in [2.75, 3.05) is 13.1 Å². The van der Waals surface area contributed by atoms with E-state index in [1.807, 2.05) is 36.4 Å². The summed E-state index contributed by atoms with van der Waals surface area (Å²) in [7, 11) is 0. The number of hydrogen-bond acceptors (Lipinski definition) is 4. The second-order valence-corrected chi connectivity index (χ2v) is 9.02. The summed E-state index contributed by atoms with van der Waals surface area (Å²) in [4.78, 5) is 18.5. The second kappa shape index (κ2) is 8.19. The highest BCUT2D eigenvalue weighted by atomic mass is 35.5. The van der Waals surface area contributed by atoms with Crippen LogP contribution in [0.1, 0.15) is 47.7 Å². The zero-order valence-electron chi connectivity index (χ0n) is 15.8. The first-order valence-corrected chi connectivity index (χ1v) is 10.8. The van der Waals surface area contributed by atoms with Crippen molar-refractivity contribution in [2.24, 2.45) is 0 Å². The van der Waals surface area contributed by atoms with E-state index >= 15 is 0 Å². The highest BCUT2D eigenvalue weighted by Crippen LogP contribution is 2.35. The molecule has 6 heteroatoms. The molecule has 28 heavy (non-hydrogen) atoms. The molecule has 0 spiro atoms. The van der Waals surface area contributed by atoms with Gasteiger partial charge in [-0.15, -0.1) is 11.3 Å². The van der Waals surface area contributed by atoms with Gasteiger partial charge in [-0.3, -0.25) is 9.69 Å². The Morgan fingerprint density at radius 3 is 2.82 bits per heavy atom. The summed E-state index contributed by atoms with van der Waals surface area (Å²) >= 11 is 7.86. The molecule has 0 amide bonds. The summed E-state index contributed by atoms with van der Waals surface area (Å²) in [5.41, 5.74) is 3.09. The van der Waals surface area contributed by atoms with Crippen molar-refractivity contribution in [2.45, 2.75) is 38.1 Å². The monoisotopic (exact) mass is 414 g/mol. The minimum absolute atomic E-state index is 0.474. The van der Waals surface area contributed by atoms with Crippen LogP contribution < -0.4 is 0 Å². The van der Waals surface area contributed by atoms with Gasteiger partial charge in [0.1, 0.15) is 0 Å². The fourth-order valence-corrected chi connectivity index (χ4v) is 5.20. The normalized spacial score (nSPS) is 17.1. The predicted molar refractivity (Wildman–Crippen MR) is 114 cm³/mol. The molecule has 1 atom stereocenters. The molecule has 0 aliphatic carbocycles. The van der Waals surface area contributed by atoms with Crippen LogP contribution in [-0.2, 0) is 11.3 Å². The van der Waals surface area contributed by atoms with Gasteiger partial charge in [-0.05, 0) is 62.2 Å². The molecule has 2 aromatic carbocycles. The first-order valence-electron chi connectivity index (χ1n) is 9.59. The Kier molecular flexibility index (Phi) is 5.67. The van der Waals surface area contributed by atoms with Gasteiger partial charge in [-0.2, -0.15) is 0 Å². The lowest BCUT2D eigenvalue weighted by molar-refractivity contribution is -0.138. The zero-order chi connectivity index (χ0) is 19.7. The maximum absolute atomic E-state index is 11.2. The van der Waals surface area contributed by atoms with Gasteiger partial charge in [-0.1, -0.05) is 35.9 Å². The van der Waals surface area contributed by atoms with Crippen LogP contribution in [0.15, 0.2) is 42.5 Å². The lowest BCUT2D eigenvalue weighted by Crippen LogP contribution is -2.32. The second-order valence-electron chi connectivity index (χ2n) is 7.52. The molecular formula is C22H23ClN2O2S. The maximum Gasteiger partial charge on any atom is 0.310 e. The topological polar surface area (TPSA) is 53.4 Å². The zero-order valence-corrected chi connectivity index (χ0v) is 17.3. The number of carboxylic acids is 1. The van der Waals surface area contributed by atoms with Crippen LogP contribution in [0.25, 0.3) is 10.2 Å². The van der Waals surface area contributed by atoms with Crippen LogP contribution in [0.4, 0.5) is 0 Å². The molecule has 4 rings (SSSR count). The standard InChI is InChI=1S/C22H23ClN2O2S/c1-14(22(26)27)17-4-2-3-15(11-17)13-25-9-7-16(8-10-25)21-24-19-6-5-18(23)12-20(19)28-21/h2-6,11-12,14,16H,7-10,13H2,1H3,(H,26,27). The molecule has 0 radical (unpaired) electrons. The van der Waals surface area contributed by atoms with Crippen molar-refractivity contribution >= 4 is 39.1 Å². The van der Waals surface area contributed by atoms with Crippen LogP contribution in [0.5, 0.6) is 0 Å². The molecule has 1 fully saturated rings. The fraction of sp³-hybridized carbons (Fsp3) is 0.364. The van der Waals surface area contributed by atoms with Gasteiger partial charge in [0.25, 0.3) is 0 Å². The average Bonchev–Trinajstić information content (AvgIpc) is 3.11. The number of likely N-dealkylation sites (tertiary alicyclic amines) is 1. The van der Waals surface area contributed by atoms with E-state index in [0.29, 0.717) is 5.92 Å². The predicted octanol–water partition coefficient (Wildman–Crippen LogP) is 5.52. The highest BCUT2D eigenvalue weighted by molar-refractivity contribution is 7.18. The molecule has 1 aliphatic rings. The first kappa shape index (κ1) is 19.4. The van der Waals surface area contributed by atoms with Crippen LogP contribution in [-0.4, -0.2) is 34.0 Å². The molecule has 4 nitrogen and oxygen atoms in total. The number of fused-ring (bicyclic) bond motifs is 1. The molecule has 2 heterocycles. The summed E-state index contributed by atoms with van der Waals surface area (Å²) in [5, 5.41) is 11.2. The highest BCUT2D eigenvalue weighted by Gasteiger charge is 2.23. The number of thiazole rings is 1. The van der Waals surface area contributed by atoms with Gasteiger partial charge in [0.15, 0.2) is 0 Å². The number of piperidine rings is 1. The molecule has 0 saturated carbocycles. The molecule has 146 valence electrons. The van der Waals surface area contributed by atoms with Gasteiger partial charge in [0.2, 0.25) is 0 Å². The molecule has 1 aliphatic heterocycles. The number of carbonyl (C=O) groups is 1. The summed E-state index contributed by atoms with van der Waals surface area (Å²) in [6.45, 7) is 4.65. The van der Waals surface area contributed by atoms with Crippen molar-refractivity contribution in [1.29, 1.82) is 0 Å². The maximum atomic E-state index is 11.2. The summed E-state index contributed by atoms with van der Waals surface area (Å²) in [6.07, 6.45) is 2.19. The fourth-order valence-electron chi connectivity index (χ4n) is 3.79. The van der Waals surface area contributed by atoms with Crippen molar-refractivity contribution in [1.82, 2.24) is 9.88 Å². The number of carboxylic acid groups (broad SMARTS) is 1. The molecule has 1 saturated heterocycles. The summed E-state index contributed by atoms with van der Waals surface area (Å²) in [6, 6.07) is 13.9. The average molecular weight is 415 g/mol. The largest absolute Gasteiger partial charge is 0.481 e. The van der Waals surface area contributed by atoms with E-state index in [0.717, 1.165) is 53.3 Å². The van der Waals surface area contributed by atoms with Gasteiger partial charge in [0.05, 0.1) is 21.1 Å². The van der Waals surface area contributed by atoms with Gasteiger partial charge >= 0.3 is 5.97 Å². The smallest absolute Gasteiger partial charge is 0.310 e. The van der Waals surface area contributed by atoms with Gasteiger partial charge in [-0.25, -0.2) is 4.98 Å². The Morgan fingerprint density at radius 1 is 1.29 bits per heavy atom. The number of hydrogen-bond donors (Lipinski definition) is 1. The molecule has 1 unspecified atom stereocenters. The Hall–Kier alpha value is -1.95.